The predicted octanol–water partition coefficient (Wildman–Crippen LogP) is 1.96. The molecule has 1 fully saturated rings. The van der Waals surface area contributed by atoms with Crippen LogP contribution in [0.5, 0.6) is 0 Å². The molecule has 0 aromatic carbocycles. The third-order valence-electron chi connectivity index (χ3n) is 3.40. The fourth-order valence-electron chi connectivity index (χ4n) is 2.28. The maximum Gasteiger partial charge on any atom is 0.322 e. The predicted molar refractivity (Wildman–Crippen MR) is 79.3 cm³/mol. The monoisotopic (exact) mass is 307 g/mol. The zero-order valence-electron chi connectivity index (χ0n) is 11.7. The molecule has 8 heteroatoms. The van der Waals surface area contributed by atoms with Crippen LogP contribution in [0.4, 0.5) is 10.5 Å². The maximum absolute atomic E-state index is 12.3. The van der Waals surface area contributed by atoms with Gasteiger partial charge in [0.25, 0.3) is 0 Å². The van der Waals surface area contributed by atoms with Crippen LogP contribution < -0.4 is 5.32 Å². The number of rotatable bonds is 3. The van der Waals surface area contributed by atoms with Crippen molar-refractivity contribution in [2.24, 2.45) is 0 Å². The second-order valence-electron chi connectivity index (χ2n) is 4.72. The number of ether oxygens (including phenoxy) is 1. The molecule has 112 valence electrons. The number of morpholine rings is 1. The minimum atomic E-state index is -0.227. The Kier molecular flexibility index (Phi) is 4.16. The van der Waals surface area contributed by atoms with Crippen molar-refractivity contribution in [2.45, 2.75) is 19.6 Å². The smallest absolute Gasteiger partial charge is 0.322 e. The summed E-state index contributed by atoms with van der Waals surface area (Å²) >= 11 is 1.55. The Bertz CT molecular complexity index is 597. The van der Waals surface area contributed by atoms with Crippen molar-refractivity contribution < 1.29 is 9.53 Å². The van der Waals surface area contributed by atoms with E-state index in [0.29, 0.717) is 19.7 Å². The highest BCUT2D eigenvalue weighted by Gasteiger charge is 2.28. The van der Waals surface area contributed by atoms with E-state index in [1.165, 1.54) is 0 Å². The number of urea groups is 1. The van der Waals surface area contributed by atoms with Gasteiger partial charge in [0.15, 0.2) is 5.82 Å². The lowest BCUT2D eigenvalue weighted by Crippen LogP contribution is -2.44. The van der Waals surface area contributed by atoms with Gasteiger partial charge in [0.2, 0.25) is 0 Å². The normalized spacial score (nSPS) is 18.7. The van der Waals surface area contributed by atoms with Gasteiger partial charge in [0.05, 0.1) is 18.8 Å². The highest BCUT2D eigenvalue weighted by atomic mass is 32.1. The second kappa shape index (κ2) is 6.23. The van der Waals surface area contributed by atoms with Crippen molar-refractivity contribution in [1.29, 1.82) is 0 Å². The number of aromatic nitrogens is 3. The molecule has 0 saturated carbocycles. The zero-order valence-corrected chi connectivity index (χ0v) is 12.5. The Hall–Kier alpha value is -1.93. The molecule has 7 nitrogen and oxygen atoms in total. The molecule has 1 aliphatic heterocycles. The molecular weight excluding hydrogens is 290 g/mol. The van der Waals surface area contributed by atoms with Crippen LogP contribution in [0.15, 0.2) is 23.2 Å². The van der Waals surface area contributed by atoms with E-state index in [9.17, 15) is 4.79 Å². The maximum atomic E-state index is 12.3. The van der Waals surface area contributed by atoms with Gasteiger partial charge in [-0.25, -0.2) is 4.79 Å². The van der Waals surface area contributed by atoms with Crippen LogP contribution >= 0.6 is 11.3 Å². The van der Waals surface area contributed by atoms with Gasteiger partial charge in [-0.05, 0) is 18.4 Å². The van der Waals surface area contributed by atoms with Gasteiger partial charge in [-0.3, -0.25) is 0 Å². The van der Waals surface area contributed by atoms with Gasteiger partial charge in [-0.2, -0.15) is 11.3 Å². The molecule has 2 aromatic heterocycles. The number of thiophene rings is 1. The van der Waals surface area contributed by atoms with E-state index in [1.807, 2.05) is 28.3 Å². The van der Waals surface area contributed by atoms with Crippen LogP contribution in [0, 0.1) is 0 Å². The number of hydrogen-bond acceptors (Lipinski definition) is 5. The first-order chi connectivity index (χ1) is 10.3. The first kappa shape index (κ1) is 14.0. The van der Waals surface area contributed by atoms with E-state index in [2.05, 4.69) is 15.5 Å². The molecule has 2 amide bonds. The number of anilines is 1. The second-order valence-corrected chi connectivity index (χ2v) is 5.50. The van der Waals surface area contributed by atoms with E-state index < -0.39 is 0 Å². The molecule has 0 spiro atoms. The van der Waals surface area contributed by atoms with Crippen LogP contribution in [0.1, 0.15) is 18.9 Å². The summed E-state index contributed by atoms with van der Waals surface area (Å²) < 4.78 is 7.67. The molecule has 1 aliphatic rings. The molecule has 0 unspecified atom stereocenters. The summed E-state index contributed by atoms with van der Waals surface area (Å²) in [5.74, 6) is 0.769. The Labute approximate surface area is 126 Å². The van der Waals surface area contributed by atoms with Crippen LogP contribution in [0.2, 0.25) is 0 Å². The molecule has 0 aliphatic carbocycles. The molecule has 2 aromatic rings. The van der Waals surface area contributed by atoms with Crippen molar-refractivity contribution in [2.75, 3.05) is 25.0 Å². The van der Waals surface area contributed by atoms with Crippen molar-refractivity contribution in [3.63, 3.8) is 0 Å². The number of amides is 2. The Morgan fingerprint density at radius 1 is 1.62 bits per heavy atom. The van der Waals surface area contributed by atoms with Crippen molar-refractivity contribution >= 4 is 23.1 Å². The lowest BCUT2D eigenvalue weighted by molar-refractivity contribution is -0.0199. The summed E-state index contributed by atoms with van der Waals surface area (Å²) in [6.07, 6.45) is 1.46. The fraction of sp³-hybridized carbons (Fsp3) is 0.462. The third kappa shape index (κ3) is 3.06. The van der Waals surface area contributed by atoms with Gasteiger partial charge in [0.1, 0.15) is 12.4 Å². The highest BCUT2D eigenvalue weighted by molar-refractivity contribution is 7.08. The fourth-order valence-corrected chi connectivity index (χ4v) is 2.87. The minimum absolute atomic E-state index is 0.107. The molecule has 0 bridgehead atoms. The molecule has 3 heterocycles. The number of aryl methyl sites for hydroxylation is 1. The lowest BCUT2D eigenvalue weighted by Gasteiger charge is -2.32. The van der Waals surface area contributed by atoms with Gasteiger partial charge in [-0.1, -0.05) is 0 Å². The first-order valence-electron chi connectivity index (χ1n) is 6.85. The van der Waals surface area contributed by atoms with E-state index in [4.69, 9.17) is 4.74 Å². The van der Waals surface area contributed by atoms with Gasteiger partial charge in [-0.15, -0.1) is 10.2 Å². The van der Waals surface area contributed by atoms with Gasteiger partial charge >= 0.3 is 6.03 Å². The van der Waals surface area contributed by atoms with Crippen LogP contribution in [0.25, 0.3) is 0 Å². The molecule has 1 atom stereocenters. The van der Waals surface area contributed by atoms with Crippen LogP contribution in [-0.2, 0) is 11.3 Å². The molecule has 1 N–H and O–H groups in total. The minimum Gasteiger partial charge on any atom is -0.366 e. The number of carbonyl (C=O) groups excluding carboxylic acids is 1. The van der Waals surface area contributed by atoms with Gasteiger partial charge in [0, 0.05) is 18.5 Å². The van der Waals surface area contributed by atoms with Crippen molar-refractivity contribution in [1.82, 2.24) is 19.7 Å². The highest BCUT2D eigenvalue weighted by Crippen LogP contribution is 2.21. The van der Waals surface area contributed by atoms with E-state index in [-0.39, 0.29) is 12.1 Å². The Balaban J connectivity index is 1.67. The summed E-state index contributed by atoms with van der Waals surface area (Å²) in [4.78, 5) is 14.0. The van der Waals surface area contributed by atoms with E-state index >= 15 is 0 Å². The molecule has 1 saturated heterocycles. The first-order valence-corrected chi connectivity index (χ1v) is 7.79. The average molecular weight is 307 g/mol. The summed E-state index contributed by atoms with van der Waals surface area (Å²) in [5.41, 5.74) is 0.824. The average Bonchev–Trinajstić information content (AvgIpc) is 3.18. The summed E-state index contributed by atoms with van der Waals surface area (Å²) in [5, 5.41) is 14.7. The molecule has 3 rings (SSSR count). The molecule has 0 radical (unpaired) electrons. The van der Waals surface area contributed by atoms with Crippen LogP contribution in [0.3, 0.4) is 0 Å². The quantitative estimate of drug-likeness (QED) is 0.941. The Morgan fingerprint density at radius 2 is 2.52 bits per heavy atom. The summed E-state index contributed by atoms with van der Waals surface area (Å²) in [7, 11) is 0. The molecule has 21 heavy (non-hydrogen) atoms. The SMILES string of the molecule is CCn1cnnc1[C@@H]1CN(C(=O)Nc2ccsc2)CCO1. The van der Waals surface area contributed by atoms with E-state index in [1.54, 1.807) is 22.6 Å². The Morgan fingerprint density at radius 3 is 3.29 bits per heavy atom. The van der Waals surface area contributed by atoms with Crippen molar-refractivity contribution in [3.8, 4) is 0 Å². The zero-order chi connectivity index (χ0) is 14.7. The summed E-state index contributed by atoms with van der Waals surface area (Å²) in [6.45, 7) is 4.36. The number of nitrogens with one attached hydrogen (secondary N) is 1. The number of carbonyl (C=O) groups is 1. The largest absolute Gasteiger partial charge is 0.366 e. The number of nitrogens with zero attached hydrogens (tertiary/aromatic N) is 4. The topological polar surface area (TPSA) is 72.3 Å². The van der Waals surface area contributed by atoms with E-state index in [0.717, 1.165) is 18.1 Å². The summed E-state index contributed by atoms with van der Waals surface area (Å²) in [6, 6.07) is 1.78. The van der Waals surface area contributed by atoms with Gasteiger partial charge < -0.3 is 19.5 Å². The van der Waals surface area contributed by atoms with Crippen molar-refractivity contribution in [3.05, 3.63) is 29.0 Å². The van der Waals surface area contributed by atoms with Crippen LogP contribution in [-0.4, -0.2) is 45.4 Å². The molecular formula is C13H17N5O2S. The third-order valence-corrected chi connectivity index (χ3v) is 4.08. The number of hydrogen-bond donors (Lipinski definition) is 1. The lowest BCUT2D eigenvalue weighted by atomic mass is 10.2. The standard InChI is InChI=1S/C13H17N5O2S/c1-2-17-9-14-16-12(17)11-7-18(4-5-20-11)13(19)15-10-3-6-21-8-10/h3,6,8-9,11H,2,4-5,7H2,1H3,(H,15,19)/t11-/m0/s1.